The molecule has 0 radical (unpaired) electrons. The number of thiocarbonyl (C=S) groups is 1. The van der Waals surface area contributed by atoms with E-state index in [1.165, 1.54) is 0 Å². The third-order valence-corrected chi connectivity index (χ3v) is 2.04. The molecule has 7 nitrogen and oxygen atoms in total. The van der Waals surface area contributed by atoms with Gasteiger partial charge in [0.25, 0.3) is 0 Å². The highest BCUT2D eigenvalue weighted by molar-refractivity contribution is 7.78. The van der Waals surface area contributed by atoms with E-state index < -0.39 is 38.6 Å². The van der Waals surface area contributed by atoms with Crippen LogP contribution < -0.4 is 0 Å². The van der Waals surface area contributed by atoms with Gasteiger partial charge < -0.3 is 0 Å². The minimum Gasteiger partial charge on any atom is -0.258 e. The van der Waals surface area contributed by atoms with Crippen LogP contribution in [0.4, 0.5) is 30.2 Å². The molecule has 0 fully saturated rings. The van der Waals surface area contributed by atoms with Crippen LogP contribution in [0.1, 0.15) is 5.56 Å². The maximum absolute atomic E-state index is 12.5. The highest BCUT2D eigenvalue weighted by atomic mass is 32.1. The lowest BCUT2D eigenvalue weighted by atomic mass is 10.1. The van der Waals surface area contributed by atoms with Gasteiger partial charge in [-0.1, -0.05) is 0 Å². The molecule has 0 spiro atoms. The van der Waals surface area contributed by atoms with Gasteiger partial charge >= 0.3 is 17.6 Å². The van der Waals surface area contributed by atoms with Gasteiger partial charge in [-0.3, -0.25) is 20.2 Å². The number of nitro groups is 2. The summed E-state index contributed by atoms with van der Waals surface area (Å²) in [4.78, 5) is 21.9. The predicted molar refractivity (Wildman–Crippen MR) is 59.4 cm³/mol. The summed E-state index contributed by atoms with van der Waals surface area (Å²) in [5.74, 6) is 0. The smallest absolute Gasteiger partial charge is 0.258 e. The van der Waals surface area contributed by atoms with Crippen molar-refractivity contribution in [2.75, 3.05) is 0 Å². The summed E-state index contributed by atoms with van der Waals surface area (Å²) in [5.41, 5.74) is -4.73. The molecule has 0 heterocycles. The first-order valence-electron chi connectivity index (χ1n) is 4.30. The molecule has 19 heavy (non-hydrogen) atoms. The summed E-state index contributed by atoms with van der Waals surface area (Å²) in [5, 5.41) is 22.9. The fourth-order valence-corrected chi connectivity index (χ4v) is 1.30. The van der Waals surface area contributed by atoms with Crippen molar-refractivity contribution in [3.05, 3.63) is 37.9 Å². The van der Waals surface area contributed by atoms with Gasteiger partial charge in [-0.25, -0.2) is 0 Å². The summed E-state index contributed by atoms with van der Waals surface area (Å²) >= 11 is 4.15. The van der Waals surface area contributed by atoms with Crippen LogP contribution in [0.25, 0.3) is 0 Å². The molecular weight excluding hydrogens is 291 g/mol. The van der Waals surface area contributed by atoms with Gasteiger partial charge in [0, 0.05) is 12.1 Å². The van der Waals surface area contributed by atoms with E-state index in [9.17, 15) is 33.4 Å². The number of aliphatic imine (C=N–C) groups is 1. The maximum Gasteiger partial charge on any atom is 0.416 e. The second-order valence-electron chi connectivity index (χ2n) is 3.08. The lowest BCUT2D eigenvalue weighted by Crippen LogP contribution is -2.07. The number of hydrogen-bond acceptors (Lipinski definition) is 6. The van der Waals surface area contributed by atoms with Gasteiger partial charge in [0.2, 0.25) is 5.69 Å². The Morgan fingerprint density at radius 2 is 1.58 bits per heavy atom. The molecule has 0 N–H and O–H groups in total. The SMILES string of the molecule is O=[N+]([O-])c1cc(C(F)(F)F)cc([N+](=O)[O-])c1N=C=S. The largest absolute Gasteiger partial charge is 0.416 e. The third-order valence-electron chi connectivity index (χ3n) is 1.95. The Balaban J connectivity index is 3.77. The van der Waals surface area contributed by atoms with Crippen molar-refractivity contribution in [3.8, 4) is 0 Å². The Labute approximate surface area is 107 Å². The molecule has 0 atom stereocenters. The van der Waals surface area contributed by atoms with Crippen molar-refractivity contribution < 1.29 is 23.0 Å². The van der Waals surface area contributed by atoms with Crippen LogP contribution in [0.3, 0.4) is 0 Å². The first-order valence-corrected chi connectivity index (χ1v) is 4.71. The number of hydrogen-bond donors (Lipinski definition) is 0. The number of nitro benzene ring substituents is 2. The van der Waals surface area contributed by atoms with E-state index in [-0.39, 0.29) is 12.1 Å². The van der Waals surface area contributed by atoms with Crippen molar-refractivity contribution in [1.82, 2.24) is 0 Å². The van der Waals surface area contributed by atoms with Crippen molar-refractivity contribution in [3.63, 3.8) is 0 Å². The highest BCUT2D eigenvalue weighted by Gasteiger charge is 2.37. The summed E-state index contributed by atoms with van der Waals surface area (Å²) < 4.78 is 37.4. The predicted octanol–water partition coefficient (Wildman–Crippen LogP) is 3.26. The first kappa shape index (κ1) is 14.7. The molecule has 11 heteroatoms. The lowest BCUT2D eigenvalue weighted by Gasteiger charge is -2.07. The third kappa shape index (κ3) is 3.09. The second-order valence-corrected chi connectivity index (χ2v) is 3.26. The van der Waals surface area contributed by atoms with Gasteiger partial charge in [0.1, 0.15) is 0 Å². The standard InChI is InChI=1S/C8H2F3N3O4S/c9-8(10,11)4-1-5(13(15)16)7(12-3-19)6(2-4)14(17)18/h1-2H. The van der Waals surface area contributed by atoms with E-state index >= 15 is 0 Å². The van der Waals surface area contributed by atoms with Crippen LogP contribution in [0.5, 0.6) is 0 Å². The molecule has 0 aliphatic heterocycles. The number of benzene rings is 1. The van der Waals surface area contributed by atoms with Gasteiger partial charge in [0.05, 0.1) is 20.6 Å². The molecule has 0 saturated carbocycles. The number of alkyl halides is 3. The molecule has 0 saturated heterocycles. The summed E-state index contributed by atoms with van der Waals surface area (Å²) in [6, 6.07) is 0.303. The quantitative estimate of drug-likeness (QED) is 0.368. The van der Waals surface area contributed by atoms with E-state index in [0.29, 0.717) is 0 Å². The Bertz CT molecular complexity index is 575. The Morgan fingerprint density at radius 3 is 1.84 bits per heavy atom. The second kappa shape index (κ2) is 5.08. The van der Waals surface area contributed by atoms with Crippen molar-refractivity contribution in [2.24, 2.45) is 4.99 Å². The van der Waals surface area contributed by atoms with Crippen molar-refractivity contribution in [2.45, 2.75) is 6.18 Å². The number of isothiocyanates is 1. The fourth-order valence-electron chi connectivity index (χ4n) is 1.21. The van der Waals surface area contributed by atoms with E-state index in [1.807, 2.05) is 0 Å². The number of rotatable bonds is 3. The van der Waals surface area contributed by atoms with Crippen LogP contribution in [0.15, 0.2) is 17.1 Å². The van der Waals surface area contributed by atoms with E-state index in [4.69, 9.17) is 0 Å². The van der Waals surface area contributed by atoms with Crippen LogP contribution in [-0.4, -0.2) is 15.0 Å². The van der Waals surface area contributed by atoms with Crippen LogP contribution in [0, 0.1) is 20.2 Å². The topological polar surface area (TPSA) is 98.6 Å². The van der Waals surface area contributed by atoms with Crippen LogP contribution in [-0.2, 0) is 6.18 Å². The highest BCUT2D eigenvalue weighted by Crippen LogP contribution is 2.42. The molecule has 0 bridgehead atoms. The molecule has 1 aromatic carbocycles. The zero-order valence-electron chi connectivity index (χ0n) is 8.67. The average molecular weight is 293 g/mol. The molecule has 1 rings (SSSR count). The van der Waals surface area contributed by atoms with E-state index in [2.05, 4.69) is 17.2 Å². The minimum absolute atomic E-state index is 0.151. The summed E-state index contributed by atoms with van der Waals surface area (Å²) in [7, 11) is 0. The average Bonchev–Trinajstić information content (AvgIpc) is 2.27. The monoisotopic (exact) mass is 293 g/mol. The number of nitrogens with zero attached hydrogens (tertiary/aromatic N) is 3. The Morgan fingerprint density at radius 1 is 1.16 bits per heavy atom. The summed E-state index contributed by atoms with van der Waals surface area (Å²) in [6.07, 6.45) is -4.96. The van der Waals surface area contributed by atoms with Gasteiger partial charge in [-0.05, 0) is 12.2 Å². The lowest BCUT2D eigenvalue weighted by molar-refractivity contribution is -0.392. The number of halogens is 3. The molecule has 1 aromatic rings. The summed E-state index contributed by atoms with van der Waals surface area (Å²) in [6.45, 7) is 0. The fraction of sp³-hybridized carbons (Fsp3) is 0.125. The molecule has 100 valence electrons. The molecule has 0 aliphatic carbocycles. The molecular formula is C8H2F3N3O4S. The van der Waals surface area contributed by atoms with E-state index in [1.54, 1.807) is 5.16 Å². The zero-order chi connectivity index (χ0) is 14.8. The minimum atomic E-state index is -4.96. The maximum atomic E-state index is 12.5. The molecule has 0 aromatic heterocycles. The molecule has 0 unspecified atom stereocenters. The van der Waals surface area contributed by atoms with Crippen molar-refractivity contribution in [1.29, 1.82) is 0 Å². The van der Waals surface area contributed by atoms with Gasteiger partial charge in [-0.2, -0.15) is 18.2 Å². The van der Waals surface area contributed by atoms with Gasteiger partial charge in [0.15, 0.2) is 0 Å². The Kier molecular flexibility index (Phi) is 3.92. The molecule has 0 amide bonds. The molecule has 0 aliphatic rings. The normalized spacial score (nSPS) is 10.7. The first-order chi connectivity index (χ1) is 8.68. The van der Waals surface area contributed by atoms with Crippen molar-refractivity contribution >= 4 is 34.4 Å². The Hall–Kier alpha value is -2.39. The van der Waals surface area contributed by atoms with Crippen LogP contribution in [0.2, 0.25) is 0 Å². The van der Waals surface area contributed by atoms with E-state index in [0.717, 1.165) is 0 Å². The van der Waals surface area contributed by atoms with Gasteiger partial charge in [-0.15, -0.1) is 0 Å². The zero-order valence-corrected chi connectivity index (χ0v) is 9.49. The van der Waals surface area contributed by atoms with Crippen LogP contribution >= 0.6 is 12.2 Å².